The van der Waals surface area contributed by atoms with Crippen LogP contribution in [0.15, 0.2) is 42.7 Å². The molecule has 0 bridgehead atoms. The fraction of sp³-hybridized carbons (Fsp3) is 0.250. The number of hydrogen-bond acceptors (Lipinski definition) is 6. The van der Waals surface area contributed by atoms with Crippen molar-refractivity contribution in [2.24, 2.45) is 0 Å². The zero-order valence-electron chi connectivity index (χ0n) is 13.2. The Hall–Kier alpha value is -3.00. The molecule has 0 spiro atoms. The maximum Gasteiger partial charge on any atom is 0.272 e. The van der Waals surface area contributed by atoms with Gasteiger partial charge in [0, 0.05) is 23.5 Å². The lowest BCUT2D eigenvalue weighted by molar-refractivity contribution is -0.385. The average Bonchev–Trinajstić information content (AvgIpc) is 2.53. The van der Waals surface area contributed by atoms with Crippen LogP contribution in [0.5, 0.6) is 5.75 Å². The minimum Gasteiger partial charge on any atom is -0.488 e. The van der Waals surface area contributed by atoms with Crippen LogP contribution in [0.25, 0.3) is 0 Å². The fourth-order valence-electron chi connectivity index (χ4n) is 1.93. The van der Waals surface area contributed by atoms with Gasteiger partial charge in [-0.15, -0.1) is 0 Å². The summed E-state index contributed by atoms with van der Waals surface area (Å²) in [6, 6.07) is 7.49. The summed E-state index contributed by atoms with van der Waals surface area (Å²) in [4.78, 5) is 26.4. The SMILES string of the molecule is Cc1cc(NC(=O)C(C)(O)COc2cccnc2)ccc1[N+](=O)[O-]. The van der Waals surface area contributed by atoms with Crippen LogP contribution in [0.2, 0.25) is 0 Å². The third-order valence-corrected chi connectivity index (χ3v) is 3.29. The largest absolute Gasteiger partial charge is 0.488 e. The molecule has 0 fully saturated rings. The molecular weight excluding hydrogens is 314 g/mol. The van der Waals surface area contributed by atoms with Gasteiger partial charge < -0.3 is 15.2 Å². The quantitative estimate of drug-likeness (QED) is 0.618. The molecule has 2 rings (SSSR count). The molecule has 1 unspecified atom stereocenters. The molecule has 1 aromatic carbocycles. The van der Waals surface area contributed by atoms with Crippen LogP contribution in [0.3, 0.4) is 0 Å². The molecule has 0 saturated carbocycles. The first-order valence-corrected chi connectivity index (χ1v) is 7.11. The van der Waals surface area contributed by atoms with Gasteiger partial charge in [0.1, 0.15) is 12.4 Å². The van der Waals surface area contributed by atoms with Gasteiger partial charge in [0.15, 0.2) is 5.60 Å². The van der Waals surface area contributed by atoms with Gasteiger partial charge in [-0.1, -0.05) is 0 Å². The van der Waals surface area contributed by atoms with E-state index in [0.717, 1.165) is 0 Å². The molecule has 1 heterocycles. The highest BCUT2D eigenvalue weighted by atomic mass is 16.6. The number of rotatable bonds is 6. The zero-order chi connectivity index (χ0) is 17.7. The summed E-state index contributed by atoms with van der Waals surface area (Å²) in [6.07, 6.45) is 3.04. The standard InChI is InChI=1S/C16H17N3O5/c1-11-8-12(5-6-14(11)19(22)23)18-15(20)16(2,21)10-24-13-4-3-7-17-9-13/h3-9,21H,10H2,1-2H3,(H,18,20). The molecule has 126 valence electrons. The molecule has 1 aromatic heterocycles. The van der Waals surface area contributed by atoms with Crippen LogP contribution in [0.4, 0.5) is 11.4 Å². The van der Waals surface area contributed by atoms with Crippen molar-refractivity contribution in [3.8, 4) is 5.75 Å². The lowest BCUT2D eigenvalue weighted by atomic mass is 10.1. The third kappa shape index (κ3) is 4.26. The van der Waals surface area contributed by atoms with Gasteiger partial charge in [0.05, 0.1) is 11.1 Å². The van der Waals surface area contributed by atoms with E-state index in [-0.39, 0.29) is 12.3 Å². The Kier molecular flexibility index (Phi) is 5.10. The number of nitro benzene ring substituents is 1. The van der Waals surface area contributed by atoms with Gasteiger partial charge in [-0.05, 0) is 38.1 Å². The molecular formula is C16H17N3O5. The molecule has 0 aliphatic heterocycles. The van der Waals surface area contributed by atoms with Crippen molar-refractivity contribution in [1.82, 2.24) is 4.98 Å². The number of nitrogens with one attached hydrogen (secondary N) is 1. The number of amides is 1. The molecule has 2 N–H and O–H groups in total. The third-order valence-electron chi connectivity index (χ3n) is 3.29. The first-order valence-electron chi connectivity index (χ1n) is 7.11. The summed E-state index contributed by atoms with van der Waals surface area (Å²) in [7, 11) is 0. The van der Waals surface area contributed by atoms with E-state index in [0.29, 0.717) is 17.0 Å². The number of carbonyl (C=O) groups excluding carboxylic acids is 1. The Labute approximate surface area is 138 Å². The van der Waals surface area contributed by atoms with Crippen molar-refractivity contribution < 1.29 is 19.6 Å². The molecule has 24 heavy (non-hydrogen) atoms. The maximum absolute atomic E-state index is 12.2. The van der Waals surface area contributed by atoms with Crippen molar-refractivity contribution >= 4 is 17.3 Å². The van der Waals surface area contributed by atoms with Gasteiger partial charge in [0.25, 0.3) is 11.6 Å². The lowest BCUT2D eigenvalue weighted by Crippen LogP contribution is -2.45. The van der Waals surface area contributed by atoms with E-state index in [2.05, 4.69) is 10.3 Å². The second-order valence-corrected chi connectivity index (χ2v) is 5.46. The number of carbonyl (C=O) groups is 1. The number of aryl methyl sites for hydroxylation is 1. The Morgan fingerprint density at radius 3 is 2.79 bits per heavy atom. The van der Waals surface area contributed by atoms with E-state index >= 15 is 0 Å². The predicted octanol–water partition coefficient (Wildman–Crippen LogP) is 2.07. The highest BCUT2D eigenvalue weighted by Gasteiger charge is 2.31. The van der Waals surface area contributed by atoms with Crippen molar-refractivity contribution in [2.45, 2.75) is 19.4 Å². The molecule has 2 aromatic rings. The summed E-state index contributed by atoms with van der Waals surface area (Å²) >= 11 is 0. The van der Waals surface area contributed by atoms with Crippen LogP contribution in [0, 0.1) is 17.0 Å². The molecule has 1 atom stereocenters. The van der Waals surface area contributed by atoms with Crippen molar-refractivity contribution in [2.75, 3.05) is 11.9 Å². The highest BCUT2D eigenvalue weighted by Crippen LogP contribution is 2.22. The number of benzene rings is 1. The van der Waals surface area contributed by atoms with Crippen molar-refractivity contribution in [1.29, 1.82) is 0 Å². The molecule has 1 amide bonds. The monoisotopic (exact) mass is 331 g/mol. The van der Waals surface area contributed by atoms with E-state index in [9.17, 15) is 20.0 Å². The maximum atomic E-state index is 12.2. The number of anilines is 1. The highest BCUT2D eigenvalue weighted by molar-refractivity contribution is 5.97. The van der Waals surface area contributed by atoms with Crippen molar-refractivity contribution in [3.63, 3.8) is 0 Å². The van der Waals surface area contributed by atoms with Crippen LogP contribution in [0.1, 0.15) is 12.5 Å². The topological polar surface area (TPSA) is 115 Å². The van der Waals surface area contributed by atoms with Crippen molar-refractivity contribution in [3.05, 3.63) is 58.4 Å². The van der Waals surface area contributed by atoms with E-state index in [1.54, 1.807) is 25.3 Å². The summed E-state index contributed by atoms with van der Waals surface area (Å²) in [5, 5.41) is 23.6. The Bertz CT molecular complexity index is 747. The summed E-state index contributed by atoms with van der Waals surface area (Å²) < 4.78 is 5.34. The Balaban J connectivity index is 2.02. The van der Waals surface area contributed by atoms with Crippen LogP contribution in [-0.4, -0.2) is 33.1 Å². The predicted molar refractivity (Wildman–Crippen MR) is 86.8 cm³/mol. The molecule has 8 heteroatoms. The molecule has 0 aliphatic rings. The number of aliphatic hydroxyl groups is 1. The second kappa shape index (κ2) is 7.05. The molecule has 0 radical (unpaired) electrons. The number of ether oxygens (including phenoxy) is 1. The summed E-state index contributed by atoms with van der Waals surface area (Å²) in [6.45, 7) is 2.62. The first kappa shape index (κ1) is 17.4. The average molecular weight is 331 g/mol. The van der Waals surface area contributed by atoms with Crippen LogP contribution in [-0.2, 0) is 4.79 Å². The molecule has 8 nitrogen and oxygen atoms in total. The fourth-order valence-corrected chi connectivity index (χ4v) is 1.93. The van der Waals surface area contributed by atoms with E-state index in [1.807, 2.05) is 0 Å². The molecule has 0 saturated heterocycles. The Morgan fingerprint density at radius 1 is 1.46 bits per heavy atom. The van der Waals surface area contributed by atoms with E-state index in [1.165, 1.54) is 31.3 Å². The van der Waals surface area contributed by atoms with Crippen LogP contribution < -0.4 is 10.1 Å². The van der Waals surface area contributed by atoms with E-state index in [4.69, 9.17) is 4.74 Å². The van der Waals surface area contributed by atoms with Crippen LogP contribution >= 0.6 is 0 Å². The zero-order valence-corrected chi connectivity index (χ0v) is 13.2. The smallest absolute Gasteiger partial charge is 0.272 e. The van der Waals surface area contributed by atoms with E-state index < -0.39 is 16.4 Å². The number of pyridine rings is 1. The van der Waals surface area contributed by atoms with Gasteiger partial charge >= 0.3 is 0 Å². The van der Waals surface area contributed by atoms with Gasteiger partial charge in [-0.25, -0.2) is 0 Å². The lowest BCUT2D eigenvalue weighted by Gasteiger charge is -2.22. The van der Waals surface area contributed by atoms with Gasteiger partial charge in [-0.2, -0.15) is 0 Å². The summed E-state index contributed by atoms with van der Waals surface area (Å²) in [5.74, 6) is -0.253. The first-order chi connectivity index (χ1) is 11.3. The number of aromatic nitrogens is 1. The second-order valence-electron chi connectivity index (χ2n) is 5.46. The number of nitrogens with zero attached hydrogens (tertiary/aromatic N) is 2. The number of nitro groups is 1. The summed E-state index contributed by atoms with van der Waals surface area (Å²) in [5.41, 5.74) is -1.07. The van der Waals surface area contributed by atoms with Gasteiger partial charge in [0.2, 0.25) is 0 Å². The normalized spacial score (nSPS) is 13.0. The Morgan fingerprint density at radius 2 is 2.21 bits per heavy atom. The number of hydrogen-bond donors (Lipinski definition) is 2. The molecule has 0 aliphatic carbocycles. The minimum atomic E-state index is -1.79. The minimum absolute atomic E-state index is 0.0420. The van der Waals surface area contributed by atoms with Gasteiger partial charge in [-0.3, -0.25) is 19.9 Å².